The Labute approximate surface area is 128 Å². The average molecular weight is 276 g/mol. The molecule has 21 heavy (non-hydrogen) atoms. The Morgan fingerprint density at radius 2 is 1.24 bits per heavy atom. The highest BCUT2D eigenvalue weighted by molar-refractivity contribution is 5.52. The van der Waals surface area contributed by atoms with Crippen LogP contribution in [-0.4, -0.2) is 0 Å². The first-order valence-corrected chi connectivity index (χ1v) is 8.49. The molecule has 0 N–H and O–H groups in total. The van der Waals surface area contributed by atoms with Crippen LogP contribution in [0, 0.1) is 0 Å². The summed E-state index contributed by atoms with van der Waals surface area (Å²) in [5.74, 6) is 0. The average Bonchev–Trinajstić information content (AvgIpc) is 2.54. The molecule has 0 radical (unpaired) electrons. The van der Waals surface area contributed by atoms with Crippen molar-refractivity contribution in [2.75, 3.05) is 0 Å². The second kappa shape index (κ2) is 5.33. The summed E-state index contributed by atoms with van der Waals surface area (Å²) in [4.78, 5) is 0. The highest BCUT2D eigenvalue weighted by atomic mass is 14.3. The Morgan fingerprint density at radius 3 is 2.05 bits per heavy atom. The number of allylic oxidation sites excluding steroid dienone is 12. The van der Waals surface area contributed by atoms with Crippen molar-refractivity contribution in [2.45, 2.75) is 58.3 Å². The molecule has 4 aliphatic carbocycles. The van der Waals surface area contributed by atoms with Gasteiger partial charge in [0.1, 0.15) is 0 Å². The Bertz CT molecular complexity index is 656. The monoisotopic (exact) mass is 276 g/mol. The molecule has 0 heterocycles. The Hall–Kier alpha value is -1.56. The summed E-state index contributed by atoms with van der Waals surface area (Å²) >= 11 is 0. The quantitative estimate of drug-likeness (QED) is 0.542. The highest BCUT2D eigenvalue weighted by Crippen LogP contribution is 2.39. The van der Waals surface area contributed by atoms with Crippen LogP contribution in [0.3, 0.4) is 0 Å². The molecule has 0 aliphatic heterocycles. The predicted octanol–water partition coefficient (Wildman–Crippen LogP) is 6.11. The molecule has 0 unspecified atom stereocenters. The van der Waals surface area contributed by atoms with Gasteiger partial charge in [0.25, 0.3) is 0 Å². The van der Waals surface area contributed by atoms with Crippen LogP contribution in [0.15, 0.2) is 69.4 Å². The predicted molar refractivity (Wildman–Crippen MR) is 90.1 cm³/mol. The van der Waals surface area contributed by atoms with Crippen molar-refractivity contribution in [1.29, 1.82) is 0 Å². The van der Waals surface area contributed by atoms with Gasteiger partial charge in [-0.15, -0.1) is 0 Å². The maximum atomic E-state index is 2.53. The van der Waals surface area contributed by atoms with Crippen LogP contribution in [0.4, 0.5) is 0 Å². The SMILES string of the molecule is CC1=CC2=C(C=C(C3=CC4=C(C=CCC4)CC3)CC2)CC1. The normalized spacial score (nSPS) is 25.1. The van der Waals surface area contributed by atoms with Gasteiger partial charge in [0.2, 0.25) is 0 Å². The molecule has 0 saturated heterocycles. The zero-order valence-electron chi connectivity index (χ0n) is 13.0. The van der Waals surface area contributed by atoms with E-state index in [1.165, 1.54) is 51.4 Å². The van der Waals surface area contributed by atoms with Crippen molar-refractivity contribution in [3.63, 3.8) is 0 Å². The van der Waals surface area contributed by atoms with Crippen molar-refractivity contribution in [3.05, 3.63) is 69.4 Å². The summed E-state index contributed by atoms with van der Waals surface area (Å²) < 4.78 is 0. The molecule has 0 saturated carbocycles. The van der Waals surface area contributed by atoms with E-state index in [1.54, 1.807) is 39.0 Å². The third kappa shape index (κ3) is 2.52. The molecule has 0 aromatic carbocycles. The summed E-state index contributed by atoms with van der Waals surface area (Å²) in [5, 5.41) is 0. The molecule has 0 atom stereocenters. The molecule has 0 aromatic heterocycles. The van der Waals surface area contributed by atoms with Crippen molar-refractivity contribution >= 4 is 0 Å². The standard InChI is InChI=1S/C21H24/c1-15-6-7-19-14-21(11-10-18(19)12-15)20-9-8-16-4-2-3-5-17(16)13-20/h2,4,12-14H,3,5-11H2,1H3. The van der Waals surface area contributed by atoms with Crippen LogP contribution in [-0.2, 0) is 0 Å². The summed E-state index contributed by atoms with van der Waals surface area (Å²) in [6.45, 7) is 2.28. The topological polar surface area (TPSA) is 0 Å². The lowest BCUT2D eigenvalue weighted by Crippen LogP contribution is -2.07. The molecule has 108 valence electrons. The van der Waals surface area contributed by atoms with Gasteiger partial charge >= 0.3 is 0 Å². The minimum atomic E-state index is 1.22. The lowest BCUT2D eigenvalue weighted by Gasteiger charge is -2.27. The van der Waals surface area contributed by atoms with Gasteiger partial charge in [-0.1, -0.05) is 36.0 Å². The van der Waals surface area contributed by atoms with Gasteiger partial charge < -0.3 is 0 Å². The van der Waals surface area contributed by atoms with Crippen LogP contribution in [0.2, 0.25) is 0 Å². The van der Waals surface area contributed by atoms with Gasteiger partial charge in [0.15, 0.2) is 0 Å². The molecule has 0 bridgehead atoms. The second-order valence-corrected chi connectivity index (χ2v) is 6.87. The van der Waals surface area contributed by atoms with Gasteiger partial charge in [-0.3, -0.25) is 0 Å². The van der Waals surface area contributed by atoms with Crippen LogP contribution in [0.25, 0.3) is 0 Å². The lowest BCUT2D eigenvalue weighted by molar-refractivity contribution is 0.801. The highest BCUT2D eigenvalue weighted by Gasteiger charge is 2.20. The molecule has 0 spiro atoms. The summed E-state index contributed by atoms with van der Waals surface area (Å²) in [5.41, 5.74) is 11.2. The second-order valence-electron chi connectivity index (χ2n) is 6.87. The largest absolute Gasteiger partial charge is 0.0839 e. The summed E-state index contributed by atoms with van der Waals surface area (Å²) in [6.07, 6.45) is 22.1. The van der Waals surface area contributed by atoms with E-state index in [0.29, 0.717) is 0 Å². The molecule has 0 nitrogen and oxygen atoms in total. The Morgan fingerprint density at radius 1 is 0.619 bits per heavy atom. The van der Waals surface area contributed by atoms with Gasteiger partial charge in [-0.25, -0.2) is 0 Å². The summed E-state index contributed by atoms with van der Waals surface area (Å²) in [7, 11) is 0. The molecule has 0 fully saturated rings. The van der Waals surface area contributed by atoms with Gasteiger partial charge in [-0.2, -0.15) is 0 Å². The molecule has 0 heteroatoms. The Kier molecular flexibility index (Phi) is 3.33. The smallest absolute Gasteiger partial charge is 0.0235 e. The fourth-order valence-electron chi connectivity index (χ4n) is 4.10. The van der Waals surface area contributed by atoms with E-state index in [2.05, 4.69) is 37.3 Å². The van der Waals surface area contributed by atoms with Crippen LogP contribution < -0.4 is 0 Å². The zero-order chi connectivity index (χ0) is 14.2. The number of hydrogen-bond donors (Lipinski definition) is 0. The van der Waals surface area contributed by atoms with E-state index in [9.17, 15) is 0 Å². The minimum Gasteiger partial charge on any atom is -0.0839 e. The van der Waals surface area contributed by atoms with Gasteiger partial charge in [0, 0.05) is 0 Å². The maximum absolute atomic E-state index is 2.53. The number of rotatable bonds is 1. The first kappa shape index (κ1) is 13.1. The van der Waals surface area contributed by atoms with Crippen molar-refractivity contribution in [2.24, 2.45) is 0 Å². The molecular weight excluding hydrogens is 252 g/mol. The maximum Gasteiger partial charge on any atom is -0.0235 e. The first-order valence-electron chi connectivity index (χ1n) is 8.49. The van der Waals surface area contributed by atoms with Gasteiger partial charge in [0.05, 0.1) is 0 Å². The number of hydrogen-bond acceptors (Lipinski definition) is 0. The molecule has 4 aliphatic rings. The fourth-order valence-corrected chi connectivity index (χ4v) is 4.10. The molecule has 0 amide bonds. The van der Waals surface area contributed by atoms with Crippen LogP contribution in [0.5, 0.6) is 0 Å². The van der Waals surface area contributed by atoms with Gasteiger partial charge in [-0.05, 0) is 91.7 Å². The van der Waals surface area contributed by atoms with Crippen LogP contribution >= 0.6 is 0 Å². The molecule has 0 aromatic rings. The molecular formula is C21H24. The van der Waals surface area contributed by atoms with E-state index >= 15 is 0 Å². The van der Waals surface area contributed by atoms with Crippen LogP contribution in [0.1, 0.15) is 58.3 Å². The minimum absolute atomic E-state index is 1.22. The van der Waals surface area contributed by atoms with E-state index in [0.717, 1.165) is 0 Å². The van der Waals surface area contributed by atoms with E-state index in [1.807, 2.05) is 0 Å². The van der Waals surface area contributed by atoms with Crippen molar-refractivity contribution in [1.82, 2.24) is 0 Å². The van der Waals surface area contributed by atoms with E-state index in [-0.39, 0.29) is 0 Å². The van der Waals surface area contributed by atoms with E-state index in [4.69, 9.17) is 0 Å². The first-order chi connectivity index (χ1) is 10.3. The van der Waals surface area contributed by atoms with E-state index < -0.39 is 0 Å². The Balaban J connectivity index is 1.65. The van der Waals surface area contributed by atoms with Crippen molar-refractivity contribution in [3.8, 4) is 0 Å². The fraction of sp³-hybridized carbons (Fsp3) is 0.429. The lowest BCUT2D eigenvalue weighted by atomic mass is 9.78. The summed E-state index contributed by atoms with van der Waals surface area (Å²) in [6, 6.07) is 0. The molecule has 4 rings (SSSR count). The third-order valence-corrected chi connectivity index (χ3v) is 5.37. The zero-order valence-corrected chi connectivity index (χ0v) is 13.0. The van der Waals surface area contributed by atoms with Crippen molar-refractivity contribution < 1.29 is 0 Å². The third-order valence-electron chi connectivity index (χ3n) is 5.37.